The Balaban J connectivity index is 0.00000341. The molecule has 31 heavy (non-hydrogen) atoms. The summed E-state index contributed by atoms with van der Waals surface area (Å²) < 4.78 is 11.3. The zero-order chi connectivity index (χ0) is 21.0. The third-order valence-electron chi connectivity index (χ3n) is 5.49. The smallest absolute Gasteiger partial charge is 0.191 e. The van der Waals surface area contributed by atoms with Gasteiger partial charge in [-0.1, -0.05) is 6.07 Å². The standard InChI is InChI=1S/C22H38N6O2.HI/c1-3-23-22(24-9-5-14-29-18-20-6-4-15-30-20)26-17-19-7-8-21(25-16-19)28-12-10-27(2)11-13-28;/h7-8,16,20H,3-6,9-15,17-18H2,1-2H3,(H2,23,24,26);1H. The molecule has 1 atom stereocenters. The molecular formula is C22H39IN6O2. The van der Waals surface area contributed by atoms with Crippen molar-refractivity contribution in [3.63, 3.8) is 0 Å². The summed E-state index contributed by atoms with van der Waals surface area (Å²) in [6, 6.07) is 4.24. The van der Waals surface area contributed by atoms with Crippen molar-refractivity contribution in [2.45, 2.75) is 38.8 Å². The average molecular weight is 546 g/mol. The Morgan fingerprint density at radius 3 is 2.77 bits per heavy atom. The van der Waals surface area contributed by atoms with Gasteiger partial charge >= 0.3 is 0 Å². The van der Waals surface area contributed by atoms with E-state index in [0.29, 0.717) is 19.3 Å². The van der Waals surface area contributed by atoms with Gasteiger partial charge in [-0.25, -0.2) is 9.98 Å². The highest BCUT2D eigenvalue weighted by molar-refractivity contribution is 14.0. The van der Waals surface area contributed by atoms with Crippen LogP contribution in [-0.4, -0.2) is 88.1 Å². The summed E-state index contributed by atoms with van der Waals surface area (Å²) in [5.74, 6) is 1.89. The van der Waals surface area contributed by atoms with E-state index in [1.165, 1.54) is 0 Å². The minimum Gasteiger partial charge on any atom is -0.379 e. The molecule has 3 rings (SSSR count). The molecule has 2 aliphatic rings. The zero-order valence-electron chi connectivity index (χ0n) is 19.0. The van der Waals surface area contributed by atoms with Crippen LogP contribution < -0.4 is 15.5 Å². The molecule has 8 nitrogen and oxygen atoms in total. The second kappa shape index (κ2) is 14.8. The SMILES string of the molecule is CCNC(=NCc1ccc(N2CCN(C)CC2)nc1)NCCCOCC1CCCO1.I. The number of ether oxygens (including phenoxy) is 2. The van der Waals surface area contributed by atoms with Crippen LogP contribution in [0, 0.1) is 0 Å². The maximum absolute atomic E-state index is 5.72. The zero-order valence-corrected chi connectivity index (χ0v) is 21.3. The van der Waals surface area contributed by atoms with Crippen LogP contribution in [0.2, 0.25) is 0 Å². The molecule has 176 valence electrons. The minimum atomic E-state index is 0. The van der Waals surface area contributed by atoms with Crippen LogP contribution in [-0.2, 0) is 16.0 Å². The van der Waals surface area contributed by atoms with Crippen molar-refractivity contribution in [3.05, 3.63) is 23.9 Å². The van der Waals surface area contributed by atoms with Gasteiger partial charge in [0.2, 0.25) is 0 Å². The van der Waals surface area contributed by atoms with Crippen LogP contribution in [0.5, 0.6) is 0 Å². The molecule has 2 N–H and O–H groups in total. The highest BCUT2D eigenvalue weighted by Crippen LogP contribution is 2.14. The fourth-order valence-corrected chi connectivity index (χ4v) is 3.62. The Hall–Kier alpha value is -1.17. The third kappa shape index (κ3) is 9.46. The average Bonchev–Trinajstić information content (AvgIpc) is 3.29. The molecule has 0 aromatic carbocycles. The highest BCUT2D eigenvalue weighted by atomic mass is 127. The van der Waals surface area contributed by atoms with Gasteiger partial charge < -0.3 is 29.9 Å². The molecule has 9 heteroatoms. The summed E-state index contributed by atoms with van der Waals surface area (Å²) in [4.78, 5) is 14.0. The molecule has 0 bridgehead atoms. The van der Waals surface area contributed by atoms with Gasteiger partial charge in [-0.2, -0.15) is 0 Å². The number of rotatable bonds is 10. The van der Waals surface area contributed by atoms with Crippen LogP contribution in [0.3, 0.4) is 0 Å². The lowest BCUT2D eigenvalue weighted by atomic mass is 10.2. The van der Waals surface area contributed by atoms with E-state index >= 15 is 0 Å². The molecule has 1 aromatic heterocycles. The van der Waals surface area contributed by atoms with Crippen LogP contribution in [0.4, 0.5) is 5.82 Å². The first-order valence-corrected chi connectivity index (χ1v) is 11.3. The number of halogens is 1. The fourth-order valence-electron chi connectivity index (χ4n) is 3.62. The monoisotopic (exact) mass is 546 g/mol. The molecule has 1 unspecified atom stereocenters. The molecule has 2 aliphatic heterocycles. The van der Waals surface area contributed by atoms with E-state index in [4.69, 9.17) is 9.47 Å². The number of anilines is 1. The summed E-state index contributed by atoms with van der Waals surface area (Å²) >= 11 is 0. The van der Waals surface area contributed by atoms with Gasteiger partial charge in [0, 0.05) is 58.7 Å². The number of hydrogen-bond donors (Lipinski definition) is 2. The van der Waals surface area contributed by atoms with Crippen molar-refractivity contribution in [1.29, 1.82) is 0 Å². The Labute approximate surface area is 204 Å². The van der Waals surface area contributed by atoms with Gasteiger partial charge in [0.05, 0.1) is 19.3 Å². The van der Waals surface area contributed by atoms with Gasteiger partial charge in [-0.15, -0.1) is 24.0 Å². The maximum atomic E-state index is 5.72. The van der Waals surface area contributed by atoms with Crippen LogP contribution in [0.1, 0.15) is 31.7 Å². The first kappa shape index (κ1) is 26.1. The number of likely N-dealkylation sites (N-methyl/N-ethyl adjacent to an activating group) is 1. The number of guanidine groups is 1. The van der Waals surface area contributed by atoms with E-state index in [0.717, 1.165) is 89.1 Å². The summed E-state index contributed by atoms with van der Waals surface area (Å²) in [5, 5.41) is 6.68. The topological polar surface area (TPSA) is 74.3 Å². The van der Waals surface area contributed by atoms with Crippen molar-refractivity contribution in [1.82, 2.24) is 20.5 Å². The Kier molecular flexibility index (Phi) is 12.5. The molecule has 0 amide bonds. The van der Waals surface area contributed by atoms with Crippen LogP contribution >= 0.6 is 24.0 Å². The first-order chi connectivity index (χ1) is 14.7. The molecule has 3 heterocycles. The Morgan fingerprint density at radius 1 is 1.26 bits per heavy atom. The molecule has 0 aliphatic carbocycles. The lowest BCUT2D eigenvalue weighted by Gasteiger charge is -2.33. The molecule has 0 radical (unpaired) electrons. The van der Waals surface area contributed by atoms with E-state index < -0.39 is 0 Å². The largest absolute Gasteiger partial charge is 0.379 e. The summed E-state index contributed by atoms with van der Waals surface area (Å²) in [7, 11) is 2.17. The molecule has 2 fully saturated rings. The van der Waals surface area contributed by atoms with Crippen molar-refractivity contribution in [3.8, 4) is 0 Å². The molecule has 2 saturated heterocycles. The van der Waals surface area contributed by atoms with Crippen molar-refractivity contribution in [2.75, 3.05) is 71.0 Å². The van der Waals surface area contributed by atoms with E-state index in [9.17, 15) is 0 Å². The van der Waals surface area contributed by atoms with Crippen molar-refractivity contribution >= 4 is 35.8 Å². The normalized spacial score (nSPS) is 19.9. The van der Waals surface area contributed by atoms with Gasteiger partial charge in [0.15, 0.2) is 5.96 Å². The van der Waals surface area contributed by atoms with E-state index in [1.807, 2.05) is 6.20 Å². The molecular weight excluding hydrogens is 507 g/mol. The van der Waals surface area contributed by atoms with E-state index in [2.05, 4.69) is 56.5 Å². The molecule has 0 spiro atoms. The first-order valence-electron chi connectivity index (χ1n) is 11.3. The Morgan fingerprint density at radius 2 is 2.10 bits per heavy atom. The number of pyridine rings is 1. The third-order valence-corrected chi connectivity index (χ3v) is 5.49. The fraction of sp³-hybridized carbons (Fsp3) is 0.727. The van der Waals surface area contributed by atoms with Gasteiger partial charge in [-0.05, 0) is 44.9 Å². The number of nitrogens with zero attached hydrogens (tertiary/aromatic N) is 4. The second-order valence-corrected chi connectivity index (χ2v) is 8.00. The summed E-state index contributed by atoms with van der Waals surface area (Å²) in [6.45, 7) is 10.9. The maximum Gasteiger partial charge on any atom is 0.191 e. The lowest BCUT2D eigenvalue weighted by Crippen LogP contribution is -2.44. The van der Waals surface area contributed by atoms with Crippen molar-refractivity contribution in [2.24, 2.45) is 4.99 Å². The van der Waals surface area contributed by atoms with E-state index in [1.54, 1.807) is 0 Å². The van der Waals surface area contributed by atoms with Gasteiger partial charge in [0.1, 0.15) is 5.82 Å². The lowest BCUT2D eigenvalue weighted by molar-refractivity contribution is 0.0168. The number of aliphatic imine (C=N–C) groups is 1. The Bertz CT molecular complexity index is 631. The van der Waals surface area contributed by atoms with Crippen LogP contribution in [0.25, 0.3) is 0 Å². The summed E-state index contributed by atoms with van der Waals surface area (Å²) in [6.07, 6.45) is 5.47. The van der Waals surface area contributed by atoms with Gasteiger partial charge in [0.25, 0.3) is 0 Å². The predicted octanol–water partition coefficient (Wildman–Crippen LogP) is 2.09. The predicted molar refractivity (Wildman–Crippen MR) is 137 cm³/mol. The quantitative estimate of drug-likeness (QED) is 0.202. The molecule has 1 aromatic rings. The van der Waals surface area contributed by atoms with Gasteiger partial charge in [-0.3, -0.25) is 0 Å². The van der Waals surface area contributed by atoms with Crippen molar-refractivity contribution < 1.29 is 9.47 Å². The highest BCUT2D eigenvalue weighted by Gasteiger charge is 2.15. The van der Waals surface area contributed by atoms with Crippen LogP contribution in [0.15, 0.2) is 23.3 Å². The second-order valence-electron chi connectivity index (χ2n) is 8.00. The molecule has 0 saturated carbocycles. The summed E-state index contributed by atoms with van der Waals surface area (Å²) in [5.41, 5.74) is 1.12. The number of aromatic nitrogens is 1. The minimum absolute atomic E-state index is 0. The number of piperazine rings is 1. The number of hydrogen-bond acceptors (Lipinski definition) is 6. The van der Waals surface area contributed by atoms with E-state index in [-0.39, 0.29) is 24.0 Å². The number of nitrogens with one attached hydrogen (secondary N) is 2.